The first-order chi connectivity index (χ1) is 7.16. The SMILES string of the molecule is CCNCC(C)CNC1(C)CCCCC1. The molecule has 1 aliphatic carbocycles. The molecule has 1 aliphatic rings. The lowest BCUT2D eigenvalue weighted by molar-refractivity contribution is 0.242. The Balaban J connectivity index is 2.16. The molecule has 1 fully saturated rings. The summed E-state index contributed by atoms with van der Waals surface area (Å²) in [5.41, 5.74) is 0.429. The smallest absolute Gasteiger partial charge is 0.0153 e. The van der Waals surface area contributed by atoms with E-state index in [0.717, 1.165) is 25.6 Å². The van der Waals surface area contributed by atoms with E-state index in [0.29, 0.717) is 5.54 Å². The molecule has 0 saturated heterocycles. The maximum Gasteiger partial charge on any atom is 0.0153 e. The predicted molar refractivity (Wildman–Crippen MR) is 67.2 cm³/mol. The van der Waals surface area contributed by atoms with Gasteiger partial charge in [0.15, 0.2) is 0 Å². The zero-order chi connectivity index (χ0) is 11.1. The molecule has 2 N–H and O–H groups in total. The molecule has 0 aromatic heterocycles. The Morgan fingerprint density at radius 1 is 1.13 bits per heavy atom. The monoisotopic (exact) mass is 212 g/mol. The Morgan fingerprint density at radius 3 is 2.40 bits per heavy atom. The van der Waals surface area contributed by atoms with Crippen LogP contribution in [0.3, 0.4) is 0 Å². The van der Waals surface area contributed by atoms with Crippen LogP contribution in [0.25, 0.3) is 0 Å². The highest BCUT2D eigenvalue weighted by atomic mass is 15.0. The van der Waals surface area contributed by atoms with Gasteiger partial charge in [-0.3, -0.25) is 0 Å². The summed E-state index contributed by atoms with van der Waals surface area (Å²) in [5.74, 6) is 0.740. The Kier molecular flexibility index (Phi) is 5.62. The van der Waals surface area contributed by atoms with Gasteiger partial charge < -0.3 is 10.6 Å². The van der Waals surface area contributed by atoms with E-state index in [9.17, 15) is 0 Å². The fourth-order valence-corrected chi connectivity index (χ4v) is 2.39. The van der Waals surface area contributed by atoms with Crippen LogP contribution in [0.2, 0.25) is 0 Å². The second-order valence-corrected chi connectivity index (χ2v) is 5.42. The number of hydrogen-bond donors (Lipinski definition) is 2. The van der Waals surface area contributed by atoms with Gasteiger partial charge in [0.05, 0.1) is 0 Å². The second kappa shape index (κ2) is 6.49. The van der Waals surface area contributed by atoms with Crippen molar-refractivity contribution >= 4 is 0 Å². The Hall–Kier alpha value is -0.0800. The third-order valence-electron chi connectivity index (χ3n) is 3.58. The fourth-order valence-electron chi connectivity index (χ4n) is 2.39. The van der Waals surface area contributed by atoms with Gasteiger partial charge in [-0.05, 0) is 45.3 Å². The van der Waals surface area contributed by atoms with Crippen molar-refractivity contribution in [2.45, 2.75) is 58.4 Å². The number of hydrogen-bond acceptors (Lipinski definition) is 2. The summed E-state index contributed by atoms with van der Waals surface area (Å²) >= 11 is 0. The standard InChI is InChI=1S/C13H28N2/c1-4-14-10-12(2)11-15-13(3)8-6-5-7-9-13/h12,14-15H,4-11H2,1-3H3. The molecule has 15 heavy (non-hydrogen) atoms. The summed E-state index contributed by atoms with van der Waals surface area (Å²) in [6, 6.07) is 0. The lowest BCUT2D eigenvalue weighted by atomic mass is 9.83. The van der Waals surface area contributed by atoms with Crippen molar-refractivity contribution in [3.63, 3.8) is 0 Å². The van der Waals surface area contributed by atoms with Crippen LogP contribution in [0.15, 0.2) is 0 Å². The summed E-state index contributed by atoms with van der Waals surface area (Å²) < 4.78 is 0. The summed E-state index contributed by atoms with van der Waals surface area (Å²) in [5, 5.41) is 7.17. The number of rotatable bonds is 6. The van der Waals surface area contributed by atoms with Crippen LogP contribution in [0.1, 0.15) is 52.9 Å². The quantitative estimate of drug-likeness (QED) is 0.707. The first kappa shape index (κ1) is 13.0. The molecule has 1 saturated carbocycles. The minimum Gasteiger partial charge on any atom is -0.317 e. The molecule has 90 valence electrons. The molecule has 2 nitrogen and oxygen atoms in total. The third kappa shape index (κ3) is 4.98. The van der Waals surface area contributed by atoms with E-state index in [-0.39, 0.29) is 0 Å². The van der Waals surface area contributed by atoms with Crippen LogP contribution < -0.4 is 10.6 Å². The largest absolute Gasteiger partial charge is 0.317 e. The minimum atomic E-state index is 0.429. The van der Waals surface area contributed by atoms with Crippen molar-refractivity contribution in [2.75, 3.05) is 19.6 Å². The van der Waals surface area contributed by atoms with Gasteiger partial charge in [-0.25, -0.2) is 0 Å². The van der Waals surface area contributed by atoms with E-state index in [4.69, 9.17) is 0 Å². The van der Waals surface area contributed by atoms with E-state index in [1.807, 2.05) is 0 Å². The molecule has 0 aromatic carbocycles. The van der Waals surface area contributed by atoms with Crippen molar-refractivity contribution in [1.82, 2.24) is 10.6 Å². The van der Waals surface area contributed by atoms with Crippen LogP contribution in [0.4, 0.5) is 0 Å². The van der Waals surface area contributed by atoms with E-state index >= 15 is 0 Å². The van der Waals surface area contributed by atoms with E-state index < -0.39 is 0 Å². The lowest BCUT2D eigenvalue weighted by Gasteiger charge is -2.35. The molecule has 1 unspecified atom stereocenters. The molecule has 0 radical (unpaired) electrons. The van der Waals surface area contributed by atoms with Crippen molar-refractivity contribution in [3.8, 4) is 0 Å². The molecule has 0 aliphatic heterocycles. The van der Waals surface area contributed by atoms with Gasteiger partial charge in [-0.15, -0.1) is 0 Å². The van der Waals surface area contributed by atoms with Crippen molar-refractivity contribution in [3.05, 3.63) is 0 Å². The molecule has 1 rings (SSSR count). The molecule has 0 bridgehead atoms. The zero-order valence-corrected chi connectivity index (χ0v) is 10.7. The van der Waals surface area contributed by atoms with Crippen molar-refractivity contribution in [1.29, 1.82) is 0 Å². The Bertz CT molecular complexity index is 162. The normalized spacial score (nSPS) is 22.6. The zero-order valence-electron chi connectivity index (χ0n) is 10.7. The van der Waals surface area contributed by atoms with Crippen LogP contribution in [0, 0.1) is 5.92 Å². The summed E-state index contributed by atoms with van der Waals surface area (Å²) in [4.78, 5) is 0. The van der Waals surface area contributed by atoms with Gasteiger partial charge in [0.2, 0.25) is 0 Å². The van der Waals surface area contributed by atoms with Gasteiger partial charge in [0.25, 0.3) is 0 Å². The average Bonchev–Trinajstić information content (AvgIpc) is 2.25. The fraction of sp³-hybridized carbons (Fsp3) is 1.00. The molecule has 0 aromatic rings. The third-order valence-corrected chi connectivity index (χ3v) is 3.58. The van der Waals surface area contributed by atoms with Gasteiger partial charge >= 0.3 is 0 Å². The predicted octanol–water partition coefficient (Wildman–Crippen LogP) is 2.54. The van der Waals surface area contributed by atoms with E-state index in [1.54, 1.807) is 0 Å². The highest BCUT2D eigenvalue weighted by molar-refractivity contribution is 4.86. The number of nitrogens with one attached hydrogen (secondary N) is 2. The summed E-state index contributed by atoms with van der Waals surface area (Å²) in [7, 11) is 0. The summed E-state index contributed by atoms with van der Waals surface area (Å²) in [6.45, 7) is 10.3. The van der Waals surface area contributed by atoms with Crippen LogP contribution in [0.5, 0.6) is 0 Å². The van der Waals surface area contributed by atoms with E-state index in [2.05, 4.69) is 31.4 Å². The molecule has 0 spiro atoms. The highest BCUT2D eigenvalue weighted by Crippen LogP contribution is 2.27. The Morgan fingerprint density at radius 2 is 1.80 bits per heavy atom. The lowest BCUT2D eigenvalue weighted by Crippen LogP contribution is -2.46. The van der Waals surface area contributed by atoms with Crippen LogP contribution in [-0.2, 0) is 0 Å². The van der Waals surface area contributed by atoms with E-state index in [1.165, 1.54) is 32.1 Å². The second-order valence-electron chi connectivity index (χ2n) is 5.42. The molecule has 0 amide bonds. The van der Waals surface area contributed by atoms with Gasteiger partial charge in [-0.1, -0.05) is 33.1 Å². The van der Waals surface area contributed by atoms with Crippen molar-refractivity contribution < 1.29 is 0 Å². The maximum atomic E-state index is 3.77. The molecule has 2 heteroatoms. The first-order valence-corrected chi connectivity index (χ1v) is 6.62. The minimum absolute atomic E-state index is 0.429. The maximum absolute atomic E-state index is 3.77. The molecule has 1 atom stereocenters. The first-order valence-electron chi connectivity index (χ1n) is 6.62. The Labute approximate surface area is 95.2 Å². The van der Waals surface area contributed by atoms with Crippen molar-refractivity contribution in [2.24, 2.45) is 5.92 Å². The average molecular weight is 212 g/mol. The molecular formula is C13H28N2. The van der Waals surface area contributed by atoms with Gasteiger partial charge in [-0.2, -0.15) is 0 Å². The van der Waals surface area contributed by atoms with Crippen LogP contribution >= 0.6 is 0 Å². The molecule has 0 heterocycles. The molecular weight excluding hydrogens is 184 g/mol. The summed E-state index contributed by atoms with van der Waals surface area (Å²) in [6.07, 6.45) is 6.97. The highest BCUT2D eigenvalue weighted by Gasteiger charge is 2.25. The van der Waals surface area contributed by atoms with Gasteiger partial charge in [0, 0.05) is 5.54 Å². The van der Waals surface area contributed by atoms with Crippen LogP contribution in [-0.4, -0.2) is 25.2 Å². The van der Waals surface area contributed by atoms with Gasteiger partial charge in [0.1, 0.15) is 0 Å². The topological polar surface area (TPSA) is 24.1 Å².